The van der Waals surface area contributed by atoms with Crippen LogP contribution >= 0.6 is 12.4 Å². The number of aryl methyl sites for hydroxylation is 1. The molecule has 0 aliphatic heterocycles. The second-order valence-corrected chi connectivity index (χ2v) is 4.19. The molecule has 1 aromatic rings. The molecule has 0 amide bonds. The van der Waals surface area contributed by atoms with Crippen LogP contribution < -0.4 is 15.2 Å². The highest BCUT2D eigenvalue weighted by atomic mass is 35.5. The van der Waals surface area contributed by atoms with E-state index in [0.717, 1.165) is 30.9 Å². The molecule has 1 aromatic carbocycles. The number of benzene rings is 1. The van der Waals surface area contributed by atoms with Crippen molar-refractivity contribution in [2.45, 2.75) is 25.2 Å². The molecule has 0 radical (unpaired) electrons. The molecule has 2 N–H and O–H groups in total. The molecule has 0 saturated carbocycles. The van der Waals surface area contributed by atoms with Crippen molar-refractivity contribution in [3.63, 3.8) is 0 Å². The van der Waals surface area contributed by atoms with E-state index in [9.17, 15) is 0 Å². The monoisotopic (exact) mass is 257 g/mol. The molecule has 1 atom stereocenters. The van der Waals surface area contributed by atoms with E-state index in [0.29, 0.717) is 5.92 Å². The molecule has 1 unspecified atom stereocenters. The zero-order valence-electron chi connectivity index (χ0n) is 10.4. The van der Waals surface area contributed by atoms with E-state index in [2.05, 4.69) is 6.07 Å². The summed E-state index contributed by atoms with van der Waals surface area (Å²) >= 11 is 0. The van der Waals surface area contributed by atoms with Crippen LogP contribution in [0.15, 0.2) is 12.1 Å². The molecule has 0 bridgehead atoms. The average Bonchev–Trinajstić information content (AvgIpc) is 2.72. The van der Waals surface area contributed by atoms with E-state index < -0.39 is 0 Å². The second kappa shape index (κ2) is 6.12. The van der Waals surface area contributed by atoms with Crippen molar-refractivity contribution < 1.29 is 9.47 Å². The fourth-order valence-electron chi connectivity index (χ4n) is 2.62. The number of hydrogen-bond acceptors (Lipinski definition) is 3. The van der Waals surface area contributed by atoms with Gasteiger partial charge in [-0.15, -0.1) is 12.4 Å². The molecule has 1 aliphatic rings. The lowest BCUT2D eigenvalue weighted by atomic mass is 9.96. The minimum Gasteiger partial charge on any atom is -0.493 e. The summed E-state index contributed by atoms with van der Waals surface area (Å²) in [6.07, 6.45) is 3.33. The highest BCUT2D eigenvalue weighted by Gasteiger charge is 2.27. The van der Waals surface area contributed by atoms with Crippen molar-refractivity contribution >= 4 is 12.4 Å². The van der Waals surface area contributed by atoms with Crippen LogP contribution in [0.3, 0.4) is 0 Å². The van der Waals surface area contributed by atoms with Gasteiger partial charge in [0.15, 0.2) is 11.5 Å². The normalized spacial score (nSPS) is 17.2. The maximum Gasteiger partial charge on any atom is 0.164 e. The highest BCUT2D eigenvalue weighted by molar-refractivity contribution is 5.85. The topological polar surface area (TPSA) is 44.5 Å². The first-order chi connectivity index (χ1) is 7.81. The van der Waals surface area contributed by atoms with Gasteiger partial charge in [0.25, 0.3) is 0 Å². The van der Waals surface area contributed by atoms with Gasteiger partial charge in [-0.1, -0.05) is 6.07 Å². The predicted molar refractivity (Wildman–Crippen MR) is 71.5 cm³/mol. The van der Waals surface area contributed by atoms with E-state index >= 15 is 0 Å². The zero-order valence-corrected chi connectivity index (χ0v) is 11.2. The van der Waals surface area contributed by atoms with E-state index in [1.54, 1.807) is 14.2 Å². The van der Waals surface area contributed by atoms with Crippen LogP contribution in [0.5, 0.6) is 11.5 Å². The van der Waals surface area contributed by atoms with Gasteiger partial charge in [-0.25, -0.2) is 0 Å². The zero-order chi connectivity index (χ0) is 11.5. The Morgan fingerprint density at radius 2 is 2.06 bits per heavy atom. The molecule has 0 spiro atoms. The van der Waals surface area contributed by atoms with Crippen LogP contribution in [0.4, 0.5) is 0 Å². The fourth-order valence-corrected chi connectivity index (χ4v) is 2.62. The second-order valence-electron chi connectivity index (χ2n) is 4.19. The van der Waals surface area contributed by atoms with E-state index in [4.69, 9.17) is 15.2 Å². The lowest BCUT2D eigenvalue weighted by Crippen LogP contribution is -2.06. The van der Waals surface area contributed by atoms with E-state index in [-0.39, 0.29) is 12.4 Å². The molecule has 0 aromatic heterocycles. The number of halogens is 1. The fraction of sp³-hybridized carbons (Fsp3) is 0.538. The maximum absolute atomic E-state index is 5.66. The summed E-state index contributed by atoms with van der Waals surface area (Å²) in [5, 5.41) is 0. The van der Waals surface area contributed by atoms with Gasteiger partial charge in [-0.2, -0.15) is 0 Å². The lowest BCUT2D eigenvalue weighted by molar-refractivity contribution is 0.349. The molecule has 4 heteroatoms. The van der Waals surface area contributed by atoms with Gasteiger partial charge < -0.3 is 15.2 Å². The van der Waals surface area contributed by atoms with Gasteiger partial charge in [-0.3, -0.25) is 0 Å². The number of nitrogens with two attached hydrogens (primary N) is 1. The summed E-state index contributed by atoms with van der Waals surface area (Å²) in [7, 11) is 3.38. The van der Waals surface area contributed by atoms with Crippen LogP contribution in [0.1, 0.15) is 29.9 Å². The maximum atomic E-state index is 5.66. The van der Waals surface area contributed by atoms with Crippen molar-refractivity contribution in [1.82, 2.24) is 0 Å². The van der Waals surface area contributed by atoms with Gasteiger partial charge in [0.2, 0.25) is 0 Å². The van der Waals surface area contributed by atoms with Crippen LogP contribution in [-0.4, -0.2) is 20.8 Å². The summed E-state index contributed by atoms with van der Waals surface area (Å²) < 4.78 is 10.8. The molecule has 0 heterocycles. The molecule has 96 valence electrons. The average molecular weight is 258 g/mol. The Bertz CT molecular complexity index is 380. The molecule has 0 saturated heterocycles. The minimum atomic E-state index is 0. The highest BCUT2D eigenvalue weighted by Crippen LogP contribution is 2.45. The van der Waals surface area contributed by atoms with Crippen molar-refractivity contribution in [2.75, 3.05) is 20.8 Å². The first-order valence-corrected chi connectivity index (χ1v) is 5.75. The molecule has 3 nitrogen and oxygen atoms in total. The van der Waals surface area contributed by atoms with Crippen LogP contribution in [0.25, 0.3) is 0 Å². The van der Waals surface area contributed by atoms with Crippen molar-refractivity contribution in [2.24, 2.45) is 5.73 Å². The molecule has 0 fully saturated rings. The van der Waals surface area contributed by atoms with Crippen LogP contribution in [0.2, 0.25) is 0 Å². The van der Waals surface area contributed by atoms with Gasteiger partial charge in [0.1, 0.15) is 0 Å². The Labute approximate surface area is 109 Å². The number of methoxy groups -OCH3 is 2. The molecular formula is C13H20ClNO2. The number of fused-ring (bicyclic) bond motifs is 1. The van der Waals surface area contributed by atoms with Crippen LogP contribution in [0, 0.1) is 0 Å². The summed E-state index contributed by atoms with van der Waals surface area (Å²) in [4.78, 5) is 0. The Hall–Kier alpha value is -0.930. The largest absolute Gasteiger partial charge is 0.493 e. The molecule has 2 rings (SSSR count). The number of rotatable bonds is 4. The lowest BCUT2D eigenvalue weighted by Gasteiger charge is -2.16. The Kier molecular flexibility index (Phi) is 5.09. The molecule has 1 aliphatic carbocycles. The van der Waals surface area contributed by atoms with Gasteiger partial charge in [0.05, 0.1) is 14.2 Å². The van der Waals surface area contributed by atoms with Crippen molar-refractivity contribution in [3.05, 3.63) is 23.3 Å². The smallest absolute Gasteiger partial charge is 0.164 e. The first kappa shape index (κ1) is 14.1. The molecule has 17 heavy (non-hydrogen) atoms. The summed E-state index contributed by atoms with van der Waals surface area (Å²) in [6, 6.07) is 4.13. The number of hydrogen-bond donors (Lipinski definition) is 1. The summed E-state index contributed by atoms with van der Waals surface area (Å²) in [5.74, 6) is 2.26. The Balaban J connectivity index is 0.00000144. The standard InChI is InChI=1S/C13H19NO2.ClH/c1-15-11-6-5-9-3-4-10(7-8-14)12(9)13(11)16-2;/h5-6,10H,3-4,7-8,14H2,1-2H3;1H. The van der Waals surface area contributed by atoms with Crippen molar-refractivity contribution in [3.8, 4) is 11.5 Å². The summed E-state index contributed by atoms with van der Waals surface area (Å²) in [5.41, 5.74) is 8.35. The van der Waals surface area contributed by atoms with Crippen LogP contribution in [-0.2, 0) is 6.42 Å². The van der Waals surface area contributed by atoms with Gasteiger partial charge >= 0.3 is 0 Å². The van der Waals surface area contributed by atoms with E-state index in [1.165, 1.54) is 17.5 Å². The predicted octanol–water partition coefficient (Wildman–Crippen LogP) is 2.50. The van der Waals surface area contributed by atoms with Gasteiger partial charge in [0, 0.05) is 5.56 Å². The van der Waals surface area contributed by atoms with Gasteiger partial charge in [-0.05, 0) is 43.4 Å². The van der Waals surface area contributed by atoms with Crippen molar-refractivity contribution in [1.29, 1.82) is 0 Å². The third kappa shape index (κ3) is 2.50. The Morgan fingerprint density at radius 1 is 1.29 bits per heavy atom. The molecular weight excluding hydrogens is 238 g/mol. The minimum absolute atomic E-state index is 0. The number of ether oxygens (including phenoxy) is 2. The quantitative estimate of drug-likeness (QED) is 0.901. The first-order valence-electron chi connectivity index (χ1n) is 5.75. The third-order valence-corrected chi connectivity index (χ3v) is 3.36. The summed E-state index contributed by atoms with van der Waals surface area (Å²) in [6.45, 7) is 0.727. The Morgan fingerprint density at radius 3 is 2.65 bits per heavy atom. The third-order valence-electron chi connectivity index (χ3n) is 3.36. The van der Waals surface area contributed by atoms with E-state index in [1.807, 2.05) is 6.07 Å². The SMILES string of the molecule is COc1ccc2c(c1OC)C(CCN)CC2.Cl.